The lowest BCUT2D eigenvalue weighted by atomic mass is 10.1. The minimum absolute atomic E-state index is 0.658. The van der Waals surface area contributed by atoms with Gasteiger partial charge in [0, 0.05) is 12.2 Å². The summed E-state index contributed by atoms with van der Waals surface area (Å²) in [6.45, 7) is 5.42. The summed E-state index contributed by atoms with van der Waals surface area (Å²) in [5.74, 6) is 0.658. The molecule has 0 amide bonds. The van der Waals surface area contributed by atoms with E-state index in [0.29, 0.717) is 5.92 Å². The molecule has 1 N–H and O–H groups in total. The zero-order chi connectivity index (χ0) is 13.7. The normalized spacial score (nSPS) is 11.1. The van der Waals surface area contributed by atoms with Gasteiger partial charge in [-0.2, -0.15) is 0 Å². The molecule has 0 bridgehead atoms. The Morgan fingerprint density at radius 2 is 1.95 bits per heavy atom. The molecule has 0 fully saturated rings. The van der Waals surface area contributed by atoms with Crippen LogP contribution in [0.2, 0.25) is 0 Å². The van der Waals surface area contributed by atoms with Crippen molar-refractivity contribution in [2.45, 2.75) is 39.7 Å². The highest BCUT2D eigenvalue weighted by atomic mass is 32.1. The molecule has 0 atom stereocenters. The first-order chi connectivity index (χ1) is 9.15. The third-order valence-corrected chi connectivity index (χ3v) is 3.50. The number of hydrogen-bond donors (Lipinski definition) is 1. The van der Waals surface area contributed by atoms with Gasteiger partial charge in [-0.05, 0) is 36.8 Å². The quantitative estimate of drug-likeness (QED) is 0.775. The lowest BCUT2D eigenvalue weighted by molar-refractivity contribution is 0.554. The maximum absolute atomic E-state index is 5.39. The largest absolute Gasteiger partial charge is 0.302 e. The highest BCUT2D eigenvalue weighted by molar-refractivity contribution is 7.71. The number of nitrogens with one attached hydrogen (secondary N) is 1. The third kappa shape index (κ3) is 4.35. The van der Waals surface area contributed by atoms with Gasteiger partial charge < -0.3 is 5.10 Å². The number of aromatic amines is 1. The molecule has 1 aromatic heterocycles. The van der Waals surface area contributed by atoms with Gasteiger partial charge in [-0.3, -0.25) is 4.68 Å². The maximum Gasteiger partial charge on any atom is 0.122 e. The standard InChI is InChI=1S/C16H22N2S/c1-13(2)11-15-12-16(19)18(17-15)10-6-9-14-7-4-3-5-8-14/h3-5,7-8,12-13,17H,6,9-11H2,1-2H3. The van der Waals surface area contributed by atoms with Crippen LogP contribution in [0.15, 0.2) is 36.4 Å². The Balaban J connectivity index is 1.89. The molecule has 0 aliphatic heterocycles. The Bertz CT molecular complexity index is 552. The van der Waals surface area contributed by atoms with Gasteiger partial charge in [0.05, 0.1) is 0 Å². The number of aryl methyl sites for hydroxylation is 2. The number of aromatic nitrogens is 2. The summed E-state index contributed by atoms with van der Waals surface area (Å²) in [6, 6.07) is 12.7. The van der Waals surface area contributed by atoms with Gasteiger partial charge in [0.1, 0.15) is 4.64 Å². The Morgan fingerprint density at radius 3 is 2.63 bits per heavy atom. The molecule has 19 heavy (non-hydrogen) atoms. The van der Waals surface area contributed by atoms with Gasteiger partial charge in [0.25, 0.3) is 0 Å². The number of nitrogens with zero attached hydrogens (tertiary/aromatic N) is 1. The molecule has 0 radical (unpaired) electrons. The summed E-state index contributed by atoms with van der Waals surface area (Å²) < 4.78 is 3.01. The van der Waals surface area contributed by atoms with Gasteiger partial charge in [0.15, 0.2) is 0 Å². The second-order valence-electron chi connectivity index (χ2n) is 5.46. The highest BCUT2D eigenvalue weighted by Crippen LogP contribution is 2.08. The molecule has 0 spiro atoms. The molecule has 2 aromatic rings. The highest BCUT2D eigenvalue weighted by Gasteiger charge is 2.03. The van der Waals surface area contributed by atoms with Crippen molar-refractivity contribution in [2.24, 2.45) is 5.92 Å². The van der Waals surface area contributed by atoms with Crippen LogP contribution in [0.1, 0.15) is 31.5 Å². The summed E-state index contributed by atoms with van der Waals surface area (Å²) >= 11 is 5.39. The Kier molecular flexibility index (Phi) is 4.97. The van der Waals surface area contributed by atoms with Crippen molar-refractivity contribution in [3.8, 4) is 0 Å². The monoisotopic (exact) mass is 274 g/mol. The molecule has 102 valence electrons. The van der Waals surface area contributed by atoms with Gasteiger partial charge in [0.2, 0.25) is 0 Å². The fraction of sp³-hybridized carbons (Fsp3) is 0.438. The molecule has 0 saturated heterocycles. The van der Waals surface area contributed by atoms with Crippen molar-refractivity contribution in [2.75, 3.05) is 0 Å². The molecule has 0 saturated carbocycles. The van der Waals surface area contributed by atoms with Gasteiger partial charge in [-0.25, -0.2) is 0 Å². The van der Waals surface area contributed by atoms with Gasteiger partial charge in [-0.15, -0.1) is 0 Å². The summed E-state index contributed by atoms with van der Waals surface area (Å²) in [7, 11) is 0. The van der Waals surface area contributed by atoms with E-state index in [0.717, 1.165) is 30.4 Å². The molecule has 3 heteroatoms. The van der Waals surface area contributed by atoms with Crippen molar-refractivity contribution in [1.82, 2.24) is 9.78 Å². The predicted octanol–water partition coefficient (Wildman–Crippen LogP) is 4.38. The van der Waals surface area contributed by atoms with E-state index in [2.05, 4.69) is 60.0 Å². The second kappa shape index (κ2) is 6.71. The first kappa shape index (κ1) is 14.1. The fourth-order valence-corrected chi connectivity index (χ4v) is 2.56. The van der Waals surface area contributed by atoms with Crippen LogP contribution in [0.3, 0.4) is 0 Å². The molecule has 0 aliphatic rings. The summed E-state index contributed by atoms with van der Waals surface area (Å²) in [6.07, 6.45) is 3.27. The van der Waals surface area contributed by atoms with Crippen molar-refractivity contribution < 1.29 is 0 Å². The number of rotatable bonds is 6. The summed E-state index contributed by atoms with van der Waals surface area (Å²) in [5.41, 5.74) is 2.64. The van der Waals surface area contributed by atoms with E-state index < -0.39 is 0 Å². The van der Waals surface area contributed by atoms with Crippen LogP contribution in [-0.4, -0.2) is 9.78 Å². The smallest absolute Gasteiger partial charge is 0.122 e. The van der Waals surface area contributed by atoms with Crippen LogP contribution in [-0.2, 0) is 19.4 Å². The maximum atomic E-state index is 5.39. The first-order valence-corrected chi connectivity index (χ1v) is 7.38. The Hall–Kier alpha value is -1.35. The molecule has 2 nitrogen and oxygen atoms in total. The van der Waals surface area contributed by atoms with Crippen molar-refractivity contribution >= 4 is 12.2 Å². The summed E-state index contributed by atoms with van der Waals surface area (Å²) in [5, 5.41) is 3.41. The molecule has 1 heterocycles. The van der Waals surface area contributed by atoms with Crippen LogP contribution >= 0.6 is 12.2 Å². The lowest BCUT2D eigenvalue weighted by Gasteiger charge is -2.05. The SMILES string of the molecule is CC(C)Cc1cc(=S)n(CCCc2ccccc2)[nH]1. The second-order valence-corrected chi connectivity index (χ2v) is 5.88. The van der Waals surface area contributed by atoms with Gasteiger partial charge >= 0.3 is 0 Å². The average Bonchev–Trinajstić information content (AvgIpc) is 2.70. The van der Waals surface area contributed by atoms with Crippen molar-refractivity contribution in [1.29, 1.82) is 0 Å². The Morgan fingerprint density at radius 1 is 1.21 bits per heavy atom. The predicted molar refractivity (Wildman–Crippen MR) is 82.9 cm³/mol. The molecular formula is C16H22N2S. The minimum Gasteiger partial charge on any atom is -0.302 e. The topological polar surface area (TPSA) is 20.7 Å². The zero-order valence-electron chi connectivity index (χ0n) is 11.7. The van der Waals surface area contributed by atoms with Gasteiger partial charge in [-0.1, -0.05) is 56.4 Å². The molecule has 1 aromatic carbocycles. The fourth-order valence-electron chi connectivity index (χ4n) is 2.28. The van der Waals surface area contributed by atoms with E-state index in [1.807, 2.05) is 0 Å². The number of benzene rings is 1. The lowest BCUT2D eigenvalue weighted by Crippen LogP contribution is -2.03. The van der Waals surface area contributed by atoms with E-state index in [-0.39, 0.29) is 0 Å². The van der Waals surface area contributed by atoms with E-state index in [9.17, 15) is 0 Å². The van der Waals surface area contributed by atoms with Crippen molar-refractivity contribution in [3.05, 3.63) is 52.3 Å². The van der Waals surface area contributed by atoms with E-state index >= 15 is 0 Å². The summed E-state index contributed by atoms with van der Waals surface area (Å²) in [4.78, 5) is 0. The molecule has 0 aliphatic carbocycles. The molecule has 2 rings (SSSR count). The average molecular weight is 274 g/mol. The zero-order valence-corrected chi connectivity index (χ0v) is 12.5. The molecule has 0 unspecified atom stereocenters. The van der Waals surface area contributed by atoms with Crippen LogP contribution < -0.4 is 0 Å². The van der Waals surface area contributed by atoms with Crippen LogP contribution in [0.5, 0.6) is 0 Å². The van der Waals surface area contributed by atoms with Crippen LogP contribution in [0, 0.1) is 10.6 Å². The first-order valence-electron chi connectivity index (χ1n) is 6.98. The van der Waals surface area contributed by atoms with Crippen LogP contribution in [0.25, 0.3) is 0 Å². The van der Waals surface area contributed by atoms with Crippen LogP contribution in [0.4, 0.5) is 0 Å². The van der Waals surface area contributed by atoms with E-state index in [1.54, 1.807) is 0 Å². The van der Waals surface area contributed by atoms with E-state index in [4.69, 9.17) is 12.2 Å². The van der Waals surface area contributed by atoms with Crippen molar-refractivity contribution in [3.63, 3.8) is 0 Å². The Labute approximate surface area is 120 Å². The minimum atomic E-state index is 0.658. The number of hydrogen-bond acceptors (Lipinski definition) is 1. The molecular weight excluding hydrogens is 252 g/mol. The number of H-pyrrole nitrogens is 1. The van der Waals surface area contributed by atoms with E-state index in [1.165, 1.54) is 11.3 Å². The third-order valence-electron chi connectivity index (χ3n) is 3.16.